The van der Waals surface area contributed by atoms with Gasteiger partial charge in [0.15, 0.2) is 11.5 Å². The Balaban J connectivity index is 2.08. The van der Waals surface area contributed by atoms with Crippen molar-refractivity contribution >= 4 is 5.91 Å². The van der Waals surface area contributed by atoms with Crippen LogP contribution in [0, 0.1) is 5.82 Å². The lowest BCUT2D eigenvalue weighted by atomic mass is 10.1. The minimum absolute atomic E-state index is 0.136. The zero-order valence-electron chi connectivity index (χ0n) is 14.9. The molecule has 0 saturated heterocycles. The van der Waals surface area contributed by atoms with Gasteiger partial charge < -0.3 is 14.4 Å². The first kappa shape index (κ1) is 18.8. The second-order valence-corrected chi connectivity index (χ2v) is 5.86. The number of hydrogen-bond donors (Lipinski definition) is 0. The highest BCUT2D eigenvalue weighted by Gasteiger charge is 2.15. The number of carbonyl (C=O) groups excluding carboxylic acids is 1. The Morgan fingerprint density at radius 1 is 1.12 bits per heavy atom. The van der Waals surface area contributed by atoms with E-state index in [4.69, 9.17) is 9.47 Å². The lowest BCUT2D eigenvalue weighted by molar-refractivity contribution is 0.0784. The van der Waals surface area contributed by atoms with Crippen LogP contribution in [0.4, 0.5) is 4.39 Å². The molecule has 4 nitrogen and oxygen atoms in total. The molecular formula is C20H24FNO3. The summed E-state index contributed by atoms with van der Waals surface area (Å²) in [7, 11) is 3.27. The standard InChI is InChI=1S/C20H24FNO3/c1-4-5-12-25-18-11-8-16(13-19(18)24-3)20(23)22(2)14-15-6-9-17(21)10-7-15/h6-11,13H,4-5,12,14H2,1-3H3. The maximum atomic E-state index is 13.0. The van der Waals surface area contributed by atoms with Gasteiger partial charge in [-0.2, -0.15) is 0 Å². The lowest BCUT2D eigenvalue weighted by Gasteiger charge is -2.18. The van der Waals surface area contributed by atoms with Crippen LogP contribution in [0.2, 0.25) is 0 Å². The Bertz CT molecular complexity index is 701. The SMILES string of the molecule is CCCCOc1ccc(C(=O)N(C)Cc2ccc(F)cc2)cc1OC. The van der Waals surface area contributed by atoms with E-state index < -0.39 is 0 Å². The van der Waals surface area contributed by atoms with Gasteiger partial charge in [-0.25, -0.2) is 4.39 Å². The van der Waals surface area contributed by atoms with Crippen molar-refractivity contribution in [3.63, 3.8) is 0 Å². The highest BCUT2D eigenvalue weighted by Crippen LogP contribution is 2.28. The molecule has 2 aromatic rings. The summed E-state index contributed by atoms with van der Waals surface area (Å²) < 4.78 is 24.0. The van der Waals surface area contributed by atoms with Crippen molar-refractivity contribution in [2.75, 3.05) is 20.8 Å². The number of rotatable bonds is 8. The molecule has 0 radical (unpaired) electrons. The van der Waals surface area contributed by atoms with Crippen molar-refractivity contribution in [1.29, 1.82) is 0 Å². The van der Waals surface area contributed by atoms with Crippen LogP contribution >= 0.6 is 0 Å². The summed E-state index contributed by atoms with van der Waals surface area (Å²) in [5.41, 5.74) is 1.38. The molecule has 0 saturated carbocycles. The van der Waals surface area contributed by atoms with E-state index in [1.54, 1.807) is 49.4 Å². The normalized spacial score (nSPS) is 10.4. The van der Waals surface area contributed by atoms with Crippen LogP contribution < -0.4 is 9.47 Å². The van der Waals surface area contributed by atoms with Crippen LogP contribution in [0.25, 0.3) is 0 Å². The molecule has 0 unspecified atom stereocenters. The van der Waals surface area contributed by atoms with Gasteiger partial charge in [0.05, 0.1) is 13.7 Å². The molecule has 0 spiro atoms. The van der Waals surface area contributed by atoms with Gasteiger partial charge in [-0.05, 0) is 42.3 Å². The number of nitrogens with zero attached hydrogens (tertiary/aromatic N) is 1. The molecule has 0 heterocycles. The number of carbonyl (C=O) groups is 1. The summed E-state index contributed by atoms with van der Waals surface area (Å²) in [5, 5.41) is 0. The molecule has 0 fully saturated rings. The Morgan fingerprint density at radius 2 is 1.84 bits per heavy atom. The third kappa shape index (κ3) is 5.21. The molecule has 0 aliphatic carbocycles. The molecule has 0 aliphatic heterocycles. The third-order valence-corrected chi connectivity index (χ3v) is 3.85. The van der Waals surface area contributed by atoms with E-state index in [9.17, 15) is 9.18 Å². The molecule has 25 heavy (non-hydrogen) atoms. The van der Waals surface area contributed by atoms with Crippen molar-refractivity contribution in [1.82, 2.24) is 4.90 Å². The molecule has 5 heteroatoms. The Labute approximate surface area is 148 Å². The molecule has 0 N–H and O–H groups in total. The fourth-order valence-electron chi connectivity index (χ4n) is 2.40. The van der Waals surface area contributed by atoms with Crippen molar-refractivity contribution in [2.45, 2.75) is 26.3 Å². The predicted octanol–water partition coefficient (Wildman–Crippen LogP) is 4.29. The Kier molecular flexibility index (Phi) is 6.81. The average molecular weight is 345 g/mol. The highest BCUT2D eigenvalue weighted by molar-refractivity contribution is 5.94. The van der Waals surface area contributed by atoms with E-state index >= 15 is 0 Å². The number of halogens is 1. The molecule has 2 aromatic carbocycles. The van der Waals surface area contributed by atoms with Crippen LogP contribution in [0.5, 0.6) is 11.5 Å². The number of hydrogen-bond acceptors (Lipinski definition) is 3. The van der Waals surface area contributed by atoms with Gasteiger partial charge in [-0.15, -0.1) is 0 Å². The van der Waals surface area contributed by atoms with Gasteiger partial charge in [0.2, 0.25) is 0 Å². The van der Waals surface area contributed by atoms with Crippen LogP contribution in [0.1, 0.15) is 35.7 Å². The molecule has 2 rings (SSSR count). The van der Waals surface area contributed by atoms with Gasteiger partial charge in [-0.1, -0.05) is 25.5 Å². The second-order valence-electron chi connectivity index (χ2n) is 5.86. The molecule has 0 aromatic heterocycles. The number of benzene rings is 2. The second kappa shape index (κ2) is 9.06. The van der Waals surface area contributed by atoms with Crippen LogP contribution in [0.3, 0.4) is 0 Å². The fraction of sp³-hybridized carbons (Fsp3) is 0.350. The Hall–Kier alpha value is -2.56. The van der Waals surface area contributed by atoms with Gasteiger partial charge in [0.25, 0.3) is 5.91 Å². The van der Waals surface area contributed by atoms with E-state index in [1.165, 1.54) is 12.1 Å². The number of methoxy groups -OCH3 is 1. The van der Waals surface area contributed by atoms with Crippen molar-refractivity contribution in [3.05, 3.63) is 59.4 Å². The van der Waals surface area contributed by atoms with Gasteiger partial charge in [0, 0.05) is 19.2 Å². The van der Waals surface area contributed by atoms with Crippen LogP contribution in [0.15, 0.2) is 42.5 Å². The summed E-state index contributed by atoms with van der Waals surface area (Å²) in [4.78, 5) is 14.2. The maximum absolute atomic E-state index is 13.0. The van der Waals surface area contributed by atoms with Gasteiger partial charge in [0.1, 0.15) is 5.82 Å². The maximum Gasteiger partial charge on any atom is 0.254 e. The number of amides is 1. The van der Waals surface area contributed by atoms with E-state index in [-0.39, 0.29) is 11.7 Å². The summed E-state index contributed by atoms with van der Waals surface area (Å²) in [6, 6.07) is 11.3. The minimum atomic E-state index is -0.291. The molecule has 0 aliphatic rings. The molecule has 1 amide bonds. The van der Waals surface area contributed by atoms with E-state index in [0.717, 1.165) is 18.4 Å². The van der Waals surface area contributed by atoms with Gasteiger partial charge >= 0.3 is 0 Å². The first-order chi connectivity index (χ1) is 12.0. The lowest BCUT2D eigenvalue weighted by Crippen LogP contribution is -2.26. The van der Waals surface area contributed by atoms with E-state index in [0.29, 0.717) is 30.2 Å². The third-order valence-electron chi connectivity index (χ3n) is 3.85. The molecule has 0 bridgehead atoms. The molecule has 0 atom stereocenters. The van der Waals surface area contributed by atoms with Crippen molar-refractivity contribution < 1.29 is 18.7 Å². The molecule has 134 valence electrons. The average Bonchev–Trinajstić information content (AvgIpc) is 2.63. The zero-order valence-corrected chi connectivity index (χ0v) is 14.9. The predicted molar refractivity (Wildman–Crippen MR) is 95.6 cm³/mol. The number of ether oxygens (including phenoxy) is 2. The zero-order chi connectivity index (χ0) is 18.2. The first-order valence-electron chi connectivity index (χ1n) is 8.36. The molecular weight excluding hydrogens is 321 g/mol. The largest absolute Gasteiger partial charge is 0.493 e. The topological polar surface area (TPSA) is 38.8 Å². The van der Waals surface area contributed by atoms with E-state index in [1.807, 2.05) is 0 Å². The first-order valence-corrected chi connectivity index (χ1v) is 8.36. The summed E-state index contributed by atoms with van der Waals surface area (Å²) in [5.74, 6) is 0.745. The monoisotopic (exact) mass is 345 g/mol. The Morgan fingerprint density at radius 3 is 2.48 bits per heavy atom. The van der Waals surface area contributed by atoms with Gasteiger partial charge in [-0.3, -0.25) is 4.79 Å². The number of unbranched alkanes of at least 4 members (excludes halogenated alkanes) is 1. The smallest absolute Gasteiger partial charge is 0.254 e. The summed E-state index contributed by atoms with van der Waals surface area (Å²) in [6.45, 7) is 3.11. The summed E-state index contributed by atoms with van der Waals surface area (Å²) in [6.07, 6.45) is 2.01. The van der Waals surface area contributed by atoms with Crippen LogP contribution in [-0.4, -0.2) is 31.6 Å². The van der Waals surface area contributed by atoms with Crippen LogP contribution in [-0.2, 0) is 6.54 Å². The summed E-state index contributed by atoms with van der Waals surface area (Å²) >= 11 is 0. The van der Waals surface area contributed by atoms with E-state index in [2.05, 4.69) is 6.92 Å². The highest BCUT2D eigenvalue weighted by atomic mass is 19.1. The quantitative estimate of drug-likeness (QED) is 0.670. The van der Waals surface area contributed by atoms with Crippen molar-refractivity contribution in [3.8, 4) is 11.5 Å². The minimum Gasteiger partial charge on any atom is -0.493 e. The fourth-order valence-corrected chi connectivity index (χ4v) is 2.40. The van der Waals surface area contributed by atoms with Crippen molar-refractivity contribution in [2.24, 2.45) is 0 Å².